The number of anilines is 2. The van der Waals surface area contributed by atoms with Crippen LogP contribution in [0.3, 0.4) is 0 Å². The van der Waals surface area contributed by atoms with Gasteiger partial charge in [-0.15, -0.1) is 11.3 Å². The minimum absolute atomic E-state index is 0.0794. The SMILES string of the molecule is CN(C)c1ccc(NC(=O)CNC(=O)Cc2csc(-c3ccccc3)n2)cc1. The second-order valence-electron chi connectivity index (χ2n) is 6.45. The summed E-state index contributed by atoms with van der Waals surface area (Å²) in [6.45, 7) is -0.0794. The van der Waals surface area contributed by atoms with Crippen molar-refractivity contribution in [3.63, 3.8) is 0 Å². The molecular formula is C21H22N4O2S. The molecule has 1 heterocycles. The third-order valence-corrected chi connectivity index (χ3v) is 4.97. The molecule has 0 radical (unpaired) electrons. The van der Waals surface area contributed by atoms with E-state index in [0.29, 0.717) is 11.4 Å². The highest BCUT2D eigenvalue weighted by atomic mass is 32.1. The third kappa shape index (κ3) is 5.40. The Labute approximate surface area is 168 Å². The van der Waals surface area contributed by atoms with Crippen LogP contribution in [0.4, 0.5) is 11.4 Å². The molecular weight excluding hydrogens is 372 g/mol. The first-order chi connectivity index (χ1) is 13.5. The van der Waals surface area contributed by atoms with Crippen LogP contribution in [0, 0.1) is 0 Å². The van der Waals surface area contributed by atoms with E-state index in [1.165, 1.54) is 11.3 Å². The maximum atomic E-state index is 12.1. The lowest BCUT2D eigenvalue weighted by atomic mass is 10.2. The highest BCUT2D eigenvalue weighted by molar-refractivity contribution is 7.13. The molecule has 0 bridgehead atoms. The molecule has 0 atom stereocenters. The summed E-state index contributed by atoms with van der Waals surface area (Å²) in [6.07, 6.45) is 0.147. The van der Waals surface area contributed by atoms with Gasteiger partial charge in [0.1, 0.15) is 5.01 Å². The number of hydrogen-bond acceptors (Lipinski definition) is 5. The van der Waals surface area contributed by atoms with Crippen molar-refractivity contribution in [3.8, 4) is 10.6 Å². The molecule has 3 rings (SSSR count). The lowest BCUT2D eigenvalue weighted by Crippen LogP contribution is -2.33. The molecule has 7 heteroatoms. The van der Waals surface area contributed by atoms with Crippen molar-refractivity contribution in [2.24, 2.45) is 0 Å². The predicted octanol–water partition coefficient (Wildman–Crippen LogP) is 3.17. The Bertz CT molecular complexity index is 937. The van der Waals surface area contributed by atoms with Gasteiger partial charge in [0, 0.05) is 36.4 Å². The maximum Gasteiger partial charge on any atom is 0.243 e. The summed E-state index contributed by atoms with van der Waals surface area (Å²) in [5, 5.41) is 8.15. The summed E-state index contributed by atoms with van der Waals surface area (Å²) in [6, 6.07) is 17.3. The largest absolute Gasteiger partial charge is 0.378 e. The van der Waals surface area contributed by atoms with Crippen LogP contribution >= 0.6 is 11.3 Å². The molecule has 2 N–H and O–H groups in total. The zero-order valence-corrected chi connectivity index (χ0v) is 16.6. The summed E-state index contributed by atoms with van der Waals surface area (Å²) in [7, 11) is 3.91. The van der Waals surface area contributed by atoms with Crippen LogP contribution < -0.4 is 15.5 Å². The number of thiazole rings is 1. The fraction of sp³-hybridized carbons (Fsp3) is 0.190. The van der Waals surface area contributed by atoms with Crippen LogP contribution in [-0.2, 0) is 16.0 Å². The van der Waals surface area contributed by atoms with Crippen LogP contribution in [0.5, 0.6) is 0 Å². The summed E-state index contributed by atoms with van der Waals surface area (Å²) in [4.78, 5) is 30.6. The number of hydrogen-bond donors (Lipinski definition) is 2. The second kappa shape index (κ2) is 9.14. The van der Waals surface area contributed by atoms with Crippen molar-refractivity contribution in [1.82, 2.24) is 10.3 Å². The van der Waals surface area contributed by atoms with E-state index in [9.17, 15) is 9.59 Å². The van der Waals surface area contributed by atoms with E-state index in [-0.39, 0.29) is 24.8 Å². The maximum absolute atomic E-state index is 12.1. The molecule has 0 unspecified atom stereocenters. The van der Waals surface area contributed by atoms with Gasteiger partial charge in [-0.2, -0.15) is 0 Å². The number of amides is 2. The molecule has 0 aliphatic carbocycles. The summed E-state index contributed by atoms with van der Waals surface area (Å²) < 4.78 is 0. The van der Waals surface area contributed by atoms with Gasteiger partial charge >= 0.3 is 0 Å². The minimum atomic E-state index is -0.269. The topological polar surface area (TPSA) is 74.3 Å². The van der Waals surface area contributed by atoms with Crippen LogP contribution in [-0.4, -0.2) is 37.4 Å². The summed E-state index contributed by atoms with van der Waals surface area (Å²) in [5.74, 6) is -0.503. The monoisotopic (exact) mass is 394 g/mol. The van der Waals surface area contributed by atoms with E-state index in [4.69, 9.17) is 0 Å². The van der Waals surface area contributed by atoms with Crippen LogP contribution in [0.25, 0.3) is 10.6 Å². The number of nitrogens with zero attached hydrogens (tertiary/aromatic N) is 2. The Morgan fingerprint density at radius 1 is 1.00 bits per heavy atom. The standard InChI is InChI=1S/C21H22N4O2S/c1-25(2)18-10-8-16(9-11-18)23-20(27)13-22-19(26)12-17-14-28-21(24-17)15-6-4-3-5-7-15/h3-11,14H,12-13H2,1-2H3,(H,22,26)(H,23,27). The van der Waals surface area contributed by atoms with Crippen LogP contribution in [0.2, 0.25) is 0 Å². The highest BCUT2D eigenvalue weighted by Gasteiger charge is 2.10. The Balaban J connectivity index is 1.46. The quantitative estimate of drug-likeness (QED) is 0.646. The molecule has 0 fully saturated rings. The Hall–Kier alpha value is -3.19. The number of carbonyl (C=O) groups is 2. The van der Waals surface area contributed by atoms with Gasteiger partial charge in [-0.3, -0.25) is 9.59 Å². The third-order valence-electron chi connectivity index (χ3n) is 4.03. The van der Waals surface area contributed by atoms with Crippen LogP contribution in [0.15, 0.2) is 60.0 Å². The summed E-state index contributed by atoms with van der Waals surface area (Å²) >= 11 is 1.50. The van der Waals surface area contributed by atoms with E-state index < -0.39 is 0 Å². The van der Waals surface area contributed by atoms with Crippen molar-refractivity contribution in [3.05, 3.63) is 65.7 Å². The molecule has 0 saturated heterocycles. The number of nitrogens with one attached hydrogen (secondary N) is 2. The molecule has 6 nitrogen and oxygen atoms in total. The second-order valence-corrected chi connectivity index (χ2v) is 7.31. The van der Waals surface area contributed by atoms with Crippen molar-refractivity contribution < 1.29 is 9.59 Å². The Morgan fingerprint density at radius 2 is 1.71 bits per heavy atom. The molecule has 144 valence electrons. The zero-order chi connectivity index (χ0) is 19.9. The van der Waals surface area contributed by atoms with Gasteiger partial charge in [-0.05, 0) is 24.3 Å². The van der Waals surface area contributed by atoms with Crippen molar-refractivity contribution in [2.75, 3.05) is 30.9 Å². The lowest BCUT2D eigenvalue weighted by Gasteiger charge is -2.13. The Kier molecular flexibility index (Phi) is 6.39. The van der Waals surface area contributed by atoms with Crippen LogP contribution in [0.1, 0.15) is 5.69 Å². The average Bonchev–Trinajstić information content (AvgIpc) is 3.16. The van der Waals surface area contributed by atoms with Crippen molar-refractivity contribution >= 4 is 34.5 Å². The molecule has 0 aliphatic heterocycles. The lowest BCUT2D eigenvalue weighted by molar-refractivity contribution is -0.123. The normalized spacial score (nSPS) is 10.4. The fourth-order valence-corrected chi connectivity index (χ4v) is 3.38. The first-order valence-corrected chi connectivity index (χ1v) is 9.73. The van der Waals surface area contributed by atoms with Gasteiger partial charge in [-0.25, -0.2) is 4.98 Å². The molecule has 2 amide bonds. The first-order valence-electron chi connectivity index (χ1n) is 8.85. The number of rotatable bonds is 7. The van der Waals surface area contributed by atoms with E-state index in [2.05, 4.69) is 15.6 Å². The molecule has 0 saturated carbocycles. The van der Waals surface area contributed by atoms with Gasteiger partial charge in [-0.1, -0.05) is 30.3 Å². The van der Waals surface area contributed by atoms with Gasteiger partial charge in [0.05, 0.1) is 18.7 Å². The minimum Gasteiger partial charge on any atom is -0.378 e. The molecule has 0 spiro atoms. The van der Waals surface area contributed by atoms with Crippen molar-refractivity contribution in [1.29, 1.82) is 0 Å². The van der Waals surface area contributed by atoms with Gasteiger partial charge < -0.3 is 15.5 Å². The zero-order valence-electron chi connectivity index (χ0n) is 15.8. The fourth-order valence-electron chi connectivity index (χ4n) is 2.56. The number of aromatic nitrogens is 1. The predicted molar refractivity (Wildman–Crippen MR) is 114 cm³/mol. The van der Waals surface area contributed by atoms with E-state index >= 15 is 0 Å². The van der Waals surface area contributed by atoms with Gasteiger partial charge in [0.25, 0.3) is 0 Å². The van der Waals surface area contributed by atoms with Gasteiger partial charge in [0.2, 0.25) is 11.8 Å². The van der Waals surface area contributed by atoms with E-state index in [0.717, 1.165) is 16.3 Å². The molecule has 1 aromatic heterocycles. The molecule has 3 aromatic rings. The average molecular weight is 395 g/mol. The summed E-state index contributed by atoms with van der Waals surface area (Å²) in [5.41, 5.74) is 3.46. The Morgan fingerprint density at radius 3 is 2.39 bits per heavy atom. The van der Waals surface area contributed by atoms with E-state index in [1.54, 1.807) is 0 Å². The van der Waals surface area contributed by atoms with Crippen molar-refractivity contribution in [2.45, 2.75) is 6.42 Å². The smallest absolute Gasteiger partial charge is 0.243 e. The van der Waals surface area contributed by atoms with Gasteiger partial charge in [0.15, 0.2) is 0 Å². The molecule has 0 aliphatic rings. The first kappa shape index (κ1) is 19.6. The van der Waals surface area contributed by atoms with E-state index in [1.807, 2.05) is 79.0 Å². The molecule has 2 aromatic carbocycles. The molecule has 28 heavy (non-hydrogen) atoms. The number of benzene rings is 2. The highest BCUT2D eigenvalue weighted by Crippen LogP contribution is 2.23. The number of carbonyl (C=O) groups excluding carboxylic acids is 2.